The van der Waals surface area contributed by atoms with Gasteiger partial charge in [-0.25, -0.2) is 4.39 Å². The Balaban J connectivity index is 1.54. The molecule has 2 saturated carbocycles. The summed E-state index contributed by atoms with van der Waals surface area (Å²) in [6.45, 7) is 4.66. The zero-order valence-electron chi connectivity index (χ0n) is 19.9. The van der Waals surface area contributed by atoms with Gasteiger partial charge < -0.3 is 0 Å². The van der Waals surface area contributed by atoms with Gasteiger partial charge in [0.15, 0.2) is 0 Å². The SMILES string of the molecule is CCC[C@H]1CC[C@H](C2([C@H]3CC[C@H](CCC)CC3)C=CC(c3ccccc3F)C=C2)CC1. The van der Waals surface area contributed by atoms with Gasteiger partial charge in [-0.05, 0) is 61.0 Å². The van der Waals surface area contributed by atoms with Crippen molar-refractivity contribution in [2.45, 2.75) is 96.8 Å². The van der Waals surface area contributed by atoms with E-state index in [2.05, 4.69) is 38.2 Å². The summed E-state index contributed by atoms with van der Waals surface area (Å²) in [6, 6.07) is 7.31. The lowest BCUT2D eigenvalue weighted by Crippen LogP contribution is -2.40. The predicted molar refractivity (Wildman–Crippen MR) is 131 cm³/mol. The monoisotopic (exact) mass is 422 g/mol. The van der Waals surface area contributed by atoms with Gasteiger partial charge in [-0.1, -0.05) is 108 Å². The summed E-state index contributed by atoms with van der Waals surface area (Å²) in [5.74, 6) is 3.43. The number of allylic oxidation sites excluding steroid dienone is 4. The average molecular weight is 423 g/mol. The van der Waals surface area contributed by atoms with Crippen molar-refractivity contribution in [3.63, 3.8) is 0 Å². The summed E-state index contributed by atoms with van der Waals surface area (Å²) in [5, 5.41) is 0. The van der Waals surface area contributed by atoms with Crippen LogP contribution in [0.4, 0.5) is 4.39 Å². The Morgan fingerprint density at radius 1 is 0.742 bits per heavy atom. The largest absolute Gasteiger partial charge is 0.207 e. The molecular formula is C30H43F. The fourth-order valence-electron chi connectivity index (χ4n) is 7.21. The molecule has 0 spiro atoms. The molecule has 4 rings (SSSR count). The molecule has 170 valence electrons. The molecule has 0 N–H and O–H groups in total. The fourth-order valence-corrected chi connectivity index (χ4v) is 7.21. The van der Waals surface area contributed by atoms with Crippen molar-refractivity contribution in [3.05, 3.63) is 60.0 Å². The second kappa shape index (κ2) is 10.5. The van der Waals surface area contributed by atoms with Crippen LogP contribution in [-0.4, -0.2) is 0 Å². The Labute approximate surface area is 190 Å². The van der Waals surface area contributed by atoms with E-state index in [-0.39, 0.29) is 17.2 Å². The van der Waals surface area contributed by atoms with Crippen molar-refractivity contribution in [2.24, 2.45) is 29.1 Å². The maximum absolute atomic E-state index is 14.4. The molecule has 31 heavy (non-hydrogen) atoms. The highest BCUT2D eigenvalue weighted by atomic mass is 19.1. The van der Waals surface area contributed by atoms with Crippen LogP contribution in [0.1, 0.15) is 102 Å². The van der Waals surface area contributed by atoms with Crippen molar-refractivity contribution in [2.75, 3.05) is 0 Å². The van der Waals surface area contributed by atoms with Crippen LogP contribution >= 0.6 is 0 Å². The molecule has 1 aromatic carbocycles. The van der Waals surface area contributed by atoms with Gasteiger partial charge in [0.05, 0.1) is 0 Å². The first-order valence-electron chi connectivity index (χ1n) is 13.3. The minimum Gasteiger partial charge on any atom is -0.207 e. The van der Waals surface area contributed by atoms with Crippen LogP contribution in [0.25, 0.3) is 0 Å². The summed E-state index contributed by atoms with van der Waals surface area (Å²) in [4.78, 5) is 0. The van der Waals surface area contributed by atoms with Crippen molar-refractivity contribution >= 4 is 0 Å². The van der Waals surface area contributed by atoms with E-state index in [1.54, 1.807) is 12.1 Å². The Bertz CT molecular complexity index is 701. The lowest BCUT2D eigenvalue weighted by molar-refractivity contribution is 0.0827. The lowest BCUT2D eigenvalue weighted by atomic mass is 9.55. The van der Waals surface area contributed by atoms with Gasteiger partial charge in [-0.3, -0.25) is 0 Å². The molecule has 0 heterocycles. The third-order valence-electron chi connectivity index (χ3n) is 8.95. The van der Waals surface area contributed by atoms with Gasteiger partial charge in [0.2, 0.25) is 0 Å². The summed E-state index contributed by atoms with van der Waals surface area (Å²) in [5.41, 5.74) is 1.03. The van der Waals surface area contributed by atoms with Gasteiger partial charge >= 0.3 is 0 Å². The third kappa shape index (κ3) is 5.01. The predicted octanol–water partition coefficient (Wildman–Crippen LogP) is 9.23. The first-order valence-corrected chi connectivity index (χ1v) is 13.3. The highest BCUT2D eigenvalue weighted by Crippen LogP contribution is 2.54. The summed E-state index contributed by atoms with van der Waals surface area (Å²) in [7, 11) is 0. The highest BCUT2D eigenvalue weighted by molar-refractivity contribution is 5.36. The minimum absolute atomic E-state index is 0.0746. The van der Waals surface area contributed by atoms with Crippen molar-refractivity contribution in [1.82, 2.24) is 0 Å². The van der Waals surface area contributed by atoms with E-state index in [4.69, 9.17) is 0 Å². The maximum Gasteiger partial charge on any atom is 0.127 e. The molecule has 0 bridgehead atoms. The van der Waals surface area contributed by atoms with Gasteiger partial charge in [-0.15, -0.1) is 0 Å². The van der Waals surface area contributed by atoms with Crippen LogP contribution in [0, 0.1) is 34.9 Å². The first-order chi connectivity index (χ1) is 15.2. The van der Waals surface area contributed by atoms with Crippen LogP contribution in [0.3, 0.4) is 0 Å². The lowest BCUT2D eigenvalue weighted by Gasteiger charge is -2.49. The van der Waals surface area contributed by atoms with E-state index in [0.29, 0.717) is 0 Å². The first kappa shape index (κ1) is 22.8. The van der Waals surface area contributed by atoms with Crippen LogP contribution < -0.4 is 0 Å². The number of hydrogen-bond acceptors (Lipinski definition) is 0. The molecule has 0 nitrogen and oxygen atoms in total. The second-order valence-electron chi connectivity index (χ2n) is 10.8. The van der Waals surface area contributed by atoms with Crippen molar-refractivity contribution in [1.29, 1.82) is 0 Å². The van der Waals surface area contributed by atoms with Gasteiger partial charge in [0.1, 0.15) is 5.82 Å². The molecule has 0 unspecified atom stereocenters. The number of halogens is 1. The number of rotatable bonds is 7. The maximum atomic E-state index is 14.4. The zero-order chi connectivity index (χ0) is 21.7. The minimum atomic E-state index is -0.0746. The van der Waals surface area contributed by atoms with E-state index in [9.17, 15) is 4.39 Å². The van der Waals surface area contributed by atoms with Gasteiger partial charge in [0, 0.05) is 11.3 Å². The van der Waals surface area contributed by atoms with E-state index < -0.39 is 0 Å². The smallest absolute Gasteiger partial charge is 0.127 e. The molecule has 3 aliphatic carbocycles. The van der Waals surface area contributed by atoms with Crippen LogP contribution in [0.5, 0.6) is 0 Å². The topological polar surface area (TPSA) is 0 Å². The van der Waals surface area contributed by atoms with Crippen LogP contribution in [0.15, 0.2) is 48.6 Å². The van der Waals surface area contributed by atoms with Gasteiger partial charge in [0.25, 0.3) is 0 Å². The quantitative estimate of drug-likeness (QED) is 0.384. The Hall–Kier alpha value is -1.37. The number of benzene rings is 1. The Morgan fingerprint density at radius 2 is 1.23 bits per heavy atom. The van der Waals surface area contributed by atoms with Crippen molar-refractivity contribution in [3.8, 4) is 0 Å². The third-order valence-corrected chi connectivity index (χ3v) is 8.95. The zero-order valence-corrected chi connectivity index (χ0v) is 19.9. The Kier molecular flexibility index (Phi) is 7.72. The molecule has 3 aliphatic rings. The summed E-state index contributed by atoms with van der Waals surface area (Å²) >= 11 is 0. The standard InChI is InChI=1S/C30H43F/c1-3-7-23-11-15-26(16-12-23)30(27-17-13-24(8-4-2)14-18-27)21-19-25(20-22-30)28-9-5-6-10-29(28)31/h5-6,9-10,19-27H,3-4,7-8,11-18H2,1-2H3/t23-,24-,26-,27-. The molecule has 0 atom stereocenters. The van der Waals surface area contributed by atoms with Crippen LogP contribution in [0.2, 0.25) is 0 Å². The second-order valence-corrected chi connectivity index (χ2v) is 10.8. The van der Waals surface area contributed by atoms with E-state index in [1.807, 2.05) is 12.1 Å². The molecule has 0 saturated heterocycles. The highest BCUT2D eigenvalue weighted by Gasteiger charge is 2.44. The fraction of sp³-hybridized carbons (Fsp3) is 0.667. The molecular weight excluding hydrogens is 379 g/mol. The average Bonchev–Trinajstić information content (AvgIpc) is 2.81. The van der Waals surface area contributed by atoms with Crippen LogP contribution in [-0.2, 0) is 0 Å². The normalized spacial score (nSPS) is 31.1. The molecule has 0 amide bonds. The van der Waals surface area contributed by atoms with Gasteiger partial charge in [-0.2, -0.15) is 0 Å². The molecule has 2 fully saturated rings. The molecule has 0 aromatic heterocycles. The molecule has 0 radical (unpaired) electrons. The summed E-state index contributed by atoms with van der Waals surface area (Å²) in [6.07, 6.45) is 26.4. The van der Waals surface area contributed by atoms with E-state index in [1.165, 1.54) is 77.0 Å². The Morgan fingerprint density at radius 3 is 1.68 bits per heavy atom. The summed E-state index contributed by atoms with van der Waals surface area (Å²) < 4.78 is 14.4. The molecule has 0 aliphatic heterocycles. The van der Waals surface area contributed by atoms with E-state index in [0.717, 1.165) is 29.2 Å². The molecule has 1 heteroatoms. The molecule has 1 aromatic rings. The van der Waals surface area contributed by atoms with E-state index >= 15 is 0 Å². The van der Waals surface area contributed by atoms with Crippen molar-refractivity contribution < 1.29 is 4.39 Å². The number of hydrogen-bond donors (Lipinski definition) is 0.